The van der Waals surface area contributed by atoms with Crippen molar-refractivity contribution in [1.82, 2.24) is 0 Å². The van der Waals surface area contributed by atoms with E-state index in [1.165, 1.54) is 17.5 Å². The number of hydrogen-bond acceptors (Lipinski definition) is 1. The van der Waals surface area contributed by atoms with Crippen LogP contribution < -0.4 is 0 Å². The third-order valence-corrected chi connectivity index (χ3v) is 2.83. The zero-order valence-electron chi connectivity index (χ0n) is 10.5. The first-order chi connectivity index (χ1) is 8.31. The smallest absolute Gasteiger partial charge is 0.184 e. The molecule has 1 heteroatoms. The number of ether oxygens (including phenoxy) is 1. The van der Waals surface area contributed by atoms with Crippen LogP contribution in [0.2, 0.25) is 0 Å². The van der Waals surface area contributed by atoms with E-state index >= 15 is 0 Å². The van der Waals surface area contributed by atoms with Gasteiger partial charge < -0.3 is 4.74 Å². The summed E-state index contributed by atoms with van der Waals surface area (Å²) in [7, 11) is 0. The van der Waals surface area contributed by atoms with E-state index in [4.69, 9.17) is 4.74 Å². The first-order valence-electron chi connectivity index (χ1n) is 6.23. The Morgan fingerprint density at radius 2 is 2.12 bits per heavy atom. The molecule has 1 nitrogen and oxygen atoms in total. The normalized spacial score (nSPS) is 17.3. The van der Waals surface area contributed by atoms with Crippen LogP contribution in [0.25, 0.3) is 6.08 Å². The van der Waals surface area contributed by atoms with Crippen molar-refractivity contribution in [3.8, 4) is 11.8 Å². The second-order valence-electron chi connectivity index (χ2n) is 4.31. The van der Waals surface area contributed by atoms with Crippen LogP contribution in [-0.2, 0) is 4.74 Å². The van der Waals surface area contributed by atoms with E-state index < -0.39 is 0 Å². The van der Waals surface area contributed by atoms with Crippen LogP contribution in [0.15, 0.2) is 30.0 Å². The van der Waals surface area contributed by atoms with Crippen molar-refractivity contribution < 1.29 is 4.74 Å². The van der Waals surface area contributed by atoms with Crippen LogP contribution in [0.4, 0.5) is 0 Å². The van der Waals surface area contributed by atoms with Crippen molar-refractivity contribution in [2.24, 2.45) is 0 Å². The monoisotopic (exact) mass is 226 g/mol. The van der Waals surface area contributed by atoms with Crippen LogP contribution >= 0.6 is 0 Å². The number of hydrogen-bond donors (Lipinski definition) is 0. The van der Waals surface area contributed by atoms with Gasteiger partial charge >= 0.3 is 0 Å². The molecule has 0 N–H and O–H groups in total. The van der Waals surface area contributed by atoms with Crippen LogP contribution in [0.3, 0.4) is 0 Å². The Labute approximate surface area is 103 Å². The summed E-state index contributed by atoms with van der Waals surface area (Å²) in [6.07, 6.45) is 5.29. The molecule has 1 aliphatic rings. The van der Waals surface area contributed by atoms with Crippen molar-refractivity contribution >= 4 is 6.08 Å². The quantitative estimate of drug-likeness (QED) is 0.539. The largest absolute Gasteiger partial charge is 0.478 e. The van der Waals surface area contributed by atoms with Crippen molar-refractivity contribution in [3.05, 3.63) is 41.2 Å². The number of allylic oxidation sites excluding steroid dienone is 1. The van der Waals surface area contributed by atoms with Gasteiger partial charge in [0.25, 0.3) is 0 Å². The molecular weight excluding hydrogens is 208 g/mol. The summed E-state index contributed by atoms with van der Waals surface area (Å²) in [5.41, 5.74) is 2.41. The summed E-state index contributed by atoms with van der Waals surface area (Å²) >= 11 is 0. The molecule has 17 heavy (non-hydrogen) atoms. The molecule has 0 fully saturated rings. The van der Waals surface area contributed by atoms with Gasteiger partial charge in [0.05, 0.1) is 5.76 Å². The number of benzene rings is 1. The standard InChI is InChI=1S/C16H18O/c1-3-4-5-6-11-16-15-10-8-7-9-14(15)12-13(2)17-16/h7-10,12,16H,3-5H2,1-2H3/t16-/m0/s1. The molecule has 1 aromatic carbocycles. The molecule has 0 unspecified atom stereocenters. The third kappa shape index (κ3) is 2.91. The fourth-order valence-electron chi connectivity index (χ4n) is 1.92. The first kappa shape index (κ1) is 11.8. The molecule has 2 rings (SSSR count). The average molecular weight is 226 g/mol. The van der Waals surface area contributed by atoms with E-state index in [-0.39, 0.29) is 6.10 Å². The summed E-state index contributed by atoms with van der Waals surface area (Å²) in [4.78, 5) is 0. The van der Waals surface area contributed by atoms with Crippen LogP contribution in [0.5, 0.6) is 0 Å². The topological polar surface area (TPSA) is 9.23 Å². The predicted molar refractivity (Wildman–Crippen MR) is 71.2 cm³/mol. The van der Waals surface area contributed by atoms with Gasteiger partial charge in [-0.2, -0.15) is 0 Å². The number of fused-ring (bicyclic) bond motifs is 1. The van der Waals surface area contributed by atoms with Gasteiger partial charge in [-0.3, -0.25) is 0 Å². The second-order valence-corrected chi connectivity index (χ2v) is 4.31. The Kier molecular flexibility index (Phi) is 3.88. The highest BCUT2D eigenvalue weighted by Crippen LogP contribution is 2.30. The van der Waals surface area contributed by atoms with Gasteiger partial charge in [-0.15, -0.1) is 0 Å². The fraction of sp³-hybridized carbons (Fsp3) is 0.375. The Morgan fingerprint density at radius 1 is 1.29 bits per heavy atom. The molecular formula is C16H18O. The van der Waals surface area contributed by atoms with E-state index in [1.807, 2.05) is 13.0 Å². The van der Waals surface area contributed by atoms with Crippen molar-refractivity contribution in [1.29, 1.82) is 0 Å². The lowest BCUT2D eigenvalue weighted by Crippen LogP contribution is -2.07. The van der Waals surface area contributed by atoms with Gasteiger partial charge in [0.1, 0.15) is 0 Å². The molecule has 1 heterocycles. The van der Waals surface area contributed by atoms with Gasteiger partial charge in [-0.05, 0) is 25.0 Å². The molecule has 0 saturated carbocycles. The molecule has 0 aromatic heterocycles. The third-order valence-electron chi connectivity index (χ3n) is 2.83. The molecule has 0 amide bonds. The van der Waals surface area contributed by atoms with E-state index in [0.29, 0.717) is 0 Å². The van der Waals surface area contributed by atoms with Crippen molar-refractivity contribution in [2.45, 2.75) is 39.2 Å². The molecule has 0 spiro atoms. The maximum atomic E-state index is 5.78. The summed E-state index contributed by atoms with van der Waals surface area (Å²) in [5.74, 6) is 7.39. The molecule has 1 atom stereocenters. The molecule has 0 radical (unpaired) electrons. The molecule has 1 aliphatic heterocycles. The fourth-order valence-corrected chi connectivity index (χ4v) is 1.92. The van der Waals surface area contributed by atoms with E-state index in [1.54, 1.807) is 0 Å². The lowest BCUT2D eigenvalue weighted by atomic mass is 9.99. The summed E-state index contributed by atoms with van der Waals surface area (Å²) in [6, 6.07) is 8.30. The van der Waals surface area contributed by atoms with E-state index in [0.717, 1.165) is 18.6 Å². The Balaban J connectivity index is 2.19. The van der Waals surface area contributed by atoms with Gasteiger partial charge in [0, 0.05) is 12.0 Å². The maximum Gasteiger partial charge on any atom is 0.184 e. The molecule has 0 bridgehead atoms. The zero-order valence-corrected chi connectivity index (χ0v) is 10.5. The highest BCUT2D eigenvalue weighted by Gasteiger charge is 2.17. The number of unbranched alkanes of at least 4 members (excludes halogenated alkanes) is 2. The SMILES string of the molecule is CCCCC#C[C@@H]1OC(C)=Cc2ccccc21. The van der Waals surface area contributed by atoms with E-state index in [2.05, 4.69) is 43.0 Å². The van der Waals surface area contributed by atoms with Crippen molar-refractivity contribution in [2.75, 3.05) is 0 Å². The first-order valence-corrected chi connectivity index (χ1v) is 6.23. The molecule has 0 aliphatic carbocycles. The van der Waals surface area contributed by atoms with Crippen LogP contribution in [-0.4, -0.2) is 0 Å². The van der Waals surface area contributed by atoms with Gasteiger partial charge in [-0.25, -0.2) is 0 Å². The number of rotatable bonds is 2. The minimum atomic E-state index is -0.0898. The van der Waals surface area contributed by atoms with Crippen molar-refractivity contribution in [3.63, 3.8) is 0 Å². The highest BCUT2D eigenvalue weighted by molar-refractivity contribution is 5.59. The van der Waals surface area contributed by atoms with Gasteiger partial charge in [0.15, 0.2) is 6.10 Å². The Hall–Kier alpha value is -1.68. The maximum absolute atomic E-state index is 5.78. The highest BCUT2D eigenvalue weighted by atomic mass is 16.5. The van der Waals surface area contributed by atoms with Crippen LogP contribution in [0, 0.1) is 11.8 Å². The summed E-state index contributed by atoms with van der Waals surface area (Å²) in [5, 5.41) is 0. The van der Waals surface area contributed by atoms with Gasteiger partial charge in [-0.1, -0.05) is 49.5 Å². The Bertz CT molecular complexity index is 474. The van der Waals surface area contributed by atoms with Crippen LogP contribution in [0.1, 0.15) is 50.3 Å². The van der Waals surface area contributed by atoms with E-state index in [9.17, 15) is 0 Å². The average Bonchev–Trinajstić information content (AvgIpc) is 2.34. The minimum Gasteiger partial charge on any atom is -0.478 e. The predicted octanol–water partition coefficient (Wildman–Crippen LogP) is 4.31. The second kappa shape index (κ2) is 5.59. The zero-order chi connectivity index (χ0) is 12.1. The molecule has 1 aromatic rings. The minimum absolute atomic E-state index is 0.0898. The Morgan fingerprint density at radius 3 is 2.94 bits per heavy atom. The molecule has 0 saturated heterocycles. The lowest BCUT2D eigenvalue weighted by molar-refractivity contribution is 0.164. The summed E-state index contributed by atoms with van der Waals surface area (Å²) < 4.78 is 5.78. The lowest BCUT2D eigenvalue weighted by Gasteiger charge is -2.21. The molecule has 88 valence electrons. The van der Waals surface area contributed by atoms with Gasteiger partial charge in [0.2, 0.25) is 0 Å². The summed E-state index contributed by atoms with van der Waals surface area (Å²) in [6.45, 7) is 4.16.